The average Bonchev–Trinajstić information content (AvgIpc) is 2.38. The zero-order valence-electron chi connectivity index (χ0n) is 6.03. The molecule has 0 fully saturated rings. The van der Waals surface area contributed by atoms with Gasteiger partial charge < -0.3 is 5.11 Å². The van der Waals surface area contributed by atoms with Gasteiger partial charge in [0.1, 0.15) is 0 Å². The lowest BCUT2D eigenvalue weighted by Gasteiger charge is -2.17. The zero-order valence-corrected chi connectivity index (χ0v) is 6.85. The monoisotopic (exact) mass is 158 g/mol. The minimum atomic E-state index is -0.243. The second kappa shape index (κ2) is 2.64. The Hall–Kier alpha value is -0.480. The minimum absolute atomic E-state index is 0.110. The van der Waals surface area contributed by atoms with Crippen molar-refractivity contribution in [3.63, 3.8) is 0 Å². The van der Waals surface area contributed by atoms with Crippen molar-refractivity contribution in [2.75, 3.05) is 6.61 Å². The van der Waals surface area contributed by atoms with Gasteiger partial charge in [-0.05, 0) is 11.5 Å². The van der Waals surface area contributed by atoms with Gasteiger partial charge in [-0.3, -0.25) is 0 Å². The fourth-order valence-electron chi connectivity index (χ4n) is 0.540. The molecule has 1 heterocycles. The van der Waals surface area contributed by atoms with Crippen LogP contribution in [0.5, 0.6) is 0 Å². The maximum atomic E-state index is 8.90. The van der Waals surface area contributed by atoms with Crippen LogP contribution >= 0.6 is 11.5 Å². The molecule has 4 heteroatoms. The third-order valence-electron chi connectivity index (χ3n) is 1.45. The Morgan fingerprint density at radius 2 is 2.40 bits per heavy atom. The maximum Gasteiger partial charge on any atom is 0.0834 e. The molecule has 0 saturated carbocycles. The zero-order chi connectivity index (χ0) is 7.61. The molecule has 1 aromatic rings. The van der Waals surface area contributed by atoms with Crippen molar-refractivity contribution in [1.82, 2.24) is 9.59 Å². The Kier molecular flexibility index (Phi) is 2.01. The summed E-state index contributed by atoms with van der Waals surface area (Å²) in [6.45, 7) is 3.98. The van der Waals surface area contributed by atoms with Gasteiger partial charge in [0.25, 0.3) is 0 Å². The SMILES string of the molecule is CC(C)(CO)c1csnn1. The molecule has 10 heavy (non-hydrogen) atoms. The van der Waals surface area contributed by atoms with Crippen LogP contribution in [0.3, 0.4) is 0 Å². The predicted molar refractivity (Wildman–Crippen MR) is 40.0 cm³/mol. The summed E-state index contributed by atoms with van der Waals surface area (Å²) in [6.07, 6.45) is 0. The largest absolute Gasteiger partial charge is 0.395 e. The fraction of sp³-hybridized carbons (Fsp3) is 0.667. The van der Waals surface area contributed by atoms with E-state index in [0.717, 1.165) is 5.69 Å². The topological polar surface area (TPSA) is 46.0 Å². The molecule has 1 aromatic heterocycles. The van der Waals surface area contributed by atoms with Crippen molar-refractivity contribution in [3.8, 4) is 0 Å². The van der Waals surface area contributed by atoms with Gasteiger partial charge in [-0.2, -0.15) is 0 Å². The van der Waals surface area contributed by atoms with Crippen LogP contribution in [0.25, 0.3) is 0 Å². The van der Waals surface area contributed by atoms with E-state index in [1.54, 1.807) is 0 Å². The number of aliphatic hydroxyl groups excluding tert-OH is 1. The lowest BCUT2D eigenvalue weighted by atomic mass is 9.92. The van der Waals surface area contributed by atoms with Crippen LogP contribution in [0.1, 0.15) is 19.5 Å². The molecule has 1 N–H and O–H groups in total. The van der Waals surface area contributed by atoms with Gasteiger partial charge in [0.05, 0.1) is 12.3 Å². The number of hydrogen-bond acceptors (Lipinski definition) is 4. The van der Waals surface area contributed by atoms with E-state index in [1.165, 1.54) is 11.5 Å². The van der Waals surface area contributed by atoms with Gasteiger partial charge in [-0.1, -0.05) is 18.3 Å². The molecule has 0 saturated heterocycles. The third kappa shape index (κ3) is 1.33. The number of aliphatic hydroxyl groups is 1. The van der Waals surface area contributed by atoms with Crippen LogP contribution in [0, 0.1) is 0 Å². The van der Waals surface area contributed by atoms with Crippen molar-refractivity contribution < 1.29 is 5.11 Å². The van der Waals surface area contributed by atoms with Gasteiger partial charge in [-0.15, -0.1) is 5.10 Å². The molecule has 0 atom stereocenters. The molecular weight excluding hydrogens is 148 g/mol. The lowest BCUT2D eigenvalue weighted by molar-refractivity contribution is 0.215. The number of nitrogens with zero attached hydrogens (tertiary/aromatic N) is 2. The van der Waals surface area contributed by atoms with Gasteiger partial charge >= 0.3 is 0 Å². The molecule has 0 bridgehead atoms. The maximum absolute atomic E-state index is 8.90. The van der Waals surface area contributed by atoms with Crippen LogP contribution in [0.15, 0.2) is 5.38 Å². The van der Waals surface area contributed by atoms with E-state index in [-0.39, 0.29) is 12.0 Å². The molecule has 56 valence electrons. The molecule has 0 aromatic carbocycles. The summed E-state index contributed by atoms with van der Waals surface area (Å²) >= 11 is 1.31. The number of rotatable bonds is 2. The summed E-state index contributed by atoms with van der Waals surface area (Å²) in [5.41, 5.74) is 0.618. The Bertz CT molecular complexity index is 196. The Labute approximate surface area is 63.9 Å². The van der Waals surface area contributed by atoms with E-state index in [1.807, 2.05) is 19.2 Å². The standard InChI is InChI=1S/C6H10N2OS/c1-6(2,4-9)5-3-10-8-7-5/h3,9H,4H2,1-2H3. The van der Waals surface area contributed by atoms with Gasteiger partial charge in [0.15, 0.2) is 0 Å². The second-order valence-corrected chi connectivity index (χ2v) is 3.44. The third-order valence-corrected chi connectivity index (χ3v) is 1.95. The first-order valence-electron chi connectivity index (χ1n) is 3.05. The molecule has 1 rings (SSSR count). The van der Waals surface area contributed by atoms with Gasteiger partial charge in [0.2, 0.25) is 0 Å². The molecule has 0 amide bonds. The van der Waals surface area contributed by atoms with Gasteiger partial charge in [-0.25, -0.2) is 0 Å². The van der Waals surface area contributed by atoms with E-state index in [9.17, 15) is 0 Å². The summed E-state index contributed by atoms with van der Waals surface area (Å²) in [6, 6.07) is 0. The molecule has 0 aliphatic heterocycles. The molecular formula is C6H10N2OS. The van der Waals surface area contributed by atoms with Crippen molar-refractivity contribution in [2.45, 2.75) is 19.3 Å². The first-order chi connectivity index (χ1) is 4.67. The van der Waals surface area contributed by atoms with Crippen LogP contribution < -0.4 is 0 Å². The lowest BCUT2D eigenvalue weighted by Crippen LogP contribution is -2.22. The molecule has 0 spiro atoms. The first-order valence-corrected chi connectivity index (χ1v) is 3.89. The van der Waals surface area contributed by atoms with Crippen molar-refractivity contribution in [3.05, 3.63) is 11.1 Å². The average molecular weight is 158 g/mol. The Balaban J connectivity index is 2.85. The smallest absolute Gasteiger partial charge is 0.0834 e. The molecule has 0 unspecified atom stereocenters. The van der Waals surface area contributed by atoms with Gasteiger partial charge in [0, 0.05) is 10.8 Å². The summed E-state index contributed by atoms with van der Waals surface area (Å²) in [5.74, 6) is 0. The minimum Gasteiger partial charge on any atom is -0.395 e. The number of hydrogen-bond donors (Lipinski definition) is 1. The highest BCUT2D eigenvalue weighted by molar-refractivity contribution is 7.03. The van der Waals surface area contributed by atoms with Crippen LogP contribution in [0.2, 0.25) is 0 Å². The van der Waals surface area contributed by atoms with Crippen LogP contribution in [-0.2, 0) is 5.41 Å². The summed E-state index contributed by atoms with van der Waals surface area (Å²) in [5, 5.41) is 14.6. The van der Waals surface area contributed by atoms with Crippen molar-refractivity contribution in [1.29, 1.82) is 0 Å². The molecule has 0 aliphatic carbocycles. The van der Waals surface area contributed by atoms with E-state index < -0.39 is 0 Å². The highest BCUT2D eigenvalue weighted by atomic mass is 32.1. The summed E-state index contributed by atoms with van der Waals surface area (Å²) in [4.78, 5) is 0. The van der Waals surface area contributed by atoms with Crippen molar-refractivity contribution in [2.24, 2.45) is 0 Å². The number of aromatic nitrogens is 2. The van der Waals surface area contributed by atoms with E-state index in [0.29, 0.717) is 0 Å². The highest BCUT2D eigenvalue weighted by Crippen LogP contribution is 2.20. The van der Waals surface area contributed by atoms with E-state index >= 15 is 0 Å². The fourth-order valence-corrected chi connectivity index (χ4v) is 1.19. The Morgan fingerprint density at radius 1 is 1.70 bits per heavy atom. The normalized spacial score (nSPS) is 11.9. The van der Waals surface area contributed by atoms with E-state index in [2.05, 4.69) is 9.59 Å². The highest BCUT2D eigenvalue weighted by Gasteiger charge is 2.21. The van der Waals surface area contributed by atoms with E-state index in [4.69, 9.17) is 5.11 Å². The predicted octanol–water partition coefficient (Wildman–Crippen LogP) is 0.808. The summed E-state index contributed by atoms with van der Waals surface area (Å²) < 4.78 is 3.72. The Morgan fingerprint density at radius 3 is 2.80 bits per heavy atom. The van der Waals surface area contributed by atoms with Crippen molar-refractivity contribution >= 4 is 11.5 Å². The summed E-state index contributed by atoms with van der Waals surface area (Å²) in [7, 11) is 0. The molecule has 0 radical (unpaired) electrons. The van der Waals surface area contributed by atoms with Crippen LogP contribution in [0.4, 0.5) is 0 Å². The first kappa shape index (κ1) is 7.63. The molecule has 0 aliphatic rings. The second-order valence-electron chi connectivity index (χ2n) is 2.83. The molecule has 3 nitrogen and oxygen atoms in total. The quantitative estimate of drug-likeness (QED) is 0.692. The van der Waals surface area contributed by atoms with Crippen LogP contribution in [-0.4, -0.2) is 21.3 Å².